The van der Waals surface area contributed by atoms with Gasteiger partial charge in [0.1, 0.15) is 6.04 Å². The lowest BCUT2D eigenvalue weighted by atomic mass is 10.0. The van der Waals surface area contributed by atoms with Crippen LogP contribution in [0.2, 0.25) is 0 Å². The van der Waals surface area contributed by atoms with E-state index in [4.69, 9.17) is 0 Å². The molecular formula is C13H13BrN2O3. The molecule has 0 spiro atoms. The van der Waals surface area contributed by atoms with Crippen LogP contribution >= 0.6 is 15.9 Å². The van der Waals surface area contributed by atoms with E-state index in [1.54, 1.807) is 4.90 Å². The van der Waals surface area contributed by atoms with Gasteiger partial charge >= 0.3 is 0 Å². The van der Waals surface area contributed by atoms with Crippen molar-refractivity contribution in [3.05, 3.63) is 21.7 Å². The van der Waals surface area contributed by atoms with E-state index >= 15 is 0 Å². The first-order chi connectivity index (χ1) is 9.08. The van der Waals surface area contributed by atoms with Gasteiger partial charge in [0.25, 0.3) is 5.91 Å². The van der Waals surface area contributed by atoms with E-state index < -0.39 is 6.04 Å². The maximum Gasteiger partial charge on any atom is 0.254 e. The predicted molar refractivity (Wildman–Crippen MR) is 71.2 cm³/mol. The van der Waals surface area contributed by atoms with E-state index in [0.29, 0.717) is 25.0 Å². The van der Waals surface area contributed by atoms with Gasteiger partial charge in [0.05, 0.1) is 0 Å². The number of carbonyl (C=O) groups excluding carboxylic acids is 3. The fraction of sp³-hybridized carbons (Fsp3) is 0.462. The maximum absolute atomic E-state index is 12.3. The van der Waals surface area contributed by atoms with Gasteiger partial charge in [0.2, 0.25) is 11.8 Å². The third-order valence-corrected chi connectivity index (χ3v) is 4.65. The molecule has 0 saturated carbocycles. The summed E-state index contributed by atoms with van der Waals surface area (Å²) in [5.41, 5.74) is 1.70. The van der Waals surface area contributed by atoms with Gasteiger partial charge in [-0.3, -0.25) is 19.7 Å². The topological polar surface area (TPSA) is 66.5 Å². The zero-order valence-electron chi connectivity index (χ0n) is 10.2. The number of piperidine rings is 1. The van der Waals surface area contributed by atoms with Crippen molar-refractivity contribution in [2.45, 2.75) is 31.7 Å². The number of carbonyl (C=O) groups is 3. The summed E-state index contributed by atoms with van der Waals surface area (Å²) in [5, 5.41) is 2.30. The van der Waals surface area contributed by atoms with Gasteiger partial charge in [-0.1, -0.05) is 22.0 Å². The molecule has 2 fully saturated rings. The normalized spacial score (nSPS) is 27.4. The van der Waals surface area contributed by atoms with E-state index in [1.807, 2.05) is 6.08 Å². The van der Waals surface area contributed by atoms with Gasteiger partial charge < -0.3 is 4.90 Å². The molecule has 2 heterocycles. The molecule has 1 atom stereocenters. The second-order valence-electron chi connectivity index (χ2n) is 4.94. The second kappa shape index (κ2) is 4.59. The fourth-order valence-corrected chi connectivity index (χ4v) is 3.35. The molecule has 1 unspecified atom stereocenters. The highest BCUT2D eigenvalue weighted by Crippen LogP contribution is 2.36. The molecule has 5 nitrogen and oxygen atoms in total. The van der Waals surface area contributed by atoms with Crippen molar-refractivity contribution in [3.63, 3.8) is 0 Å². The van der Waals surface area contributed by atoms with Crippen LogP contribution in [0.25, 0.3) is 0 Å². The molecule has 2 aliphatic heterocycles. The molecule has 100 valence electrons. The first kappa shape index (κ1) is 12.6. The number of nitrogens with one attached hydrogen (secondary N) is 1. The third-order valence-electron chi connectivity index (χ3n) is 3.77. The number of allylic oxidation sites excluding steroid dienone is 2. The van der Waals surface area contributed by atoms with Crippen LogP contribution in [-0.2, 0) is 14.4 Å². The summed E-state index contributed by atoms with van der Waals surface area (Å²) >= 11 is 3.50. The summed E-state index contributed by atoms with van der Waals surface area (Å²) < 4.78 is 1.05. The number of amides is 3. The first-order valence-corrected chi connectivity index (χ1v) is 7.10. The summed E-state index contributed by atoms with van der Waals surface area (Å²) in [4.78, 5) is 36.9. The lowest BCUT2D eigenvalue weighted by Gasteiger charge is -2.28. The summed E-state index contributed by atoms with van der Waals surface area (Å²) in [6.45, 7) is 0.456. The molecule has 6 heteroatoms. The van der Waals surface area contributed by atoms with Crippen molar-refractivity contribution in [1.29, 1.82) is 0 Å². The van der Waals surface area contributed by atoms with Gasteiger partial charge in [0.15, 0.2) is 0 Å². The Morgan fingerprint density at radius 1 is 1.26 bits per heavy atom. The van der Waals surface area contributed by atoms with Crippen LogP contribution < -0.4 is 5.32 Å². The molecule has 1 N–H and O–H groups in total. The third kappa shape index (κ3) is 2.04. The Hall–Kier alpha value is -1.43. The van der Waals surface area contributed by atoms with E-state index in [0.717, 1.165) is 22.9 Å². The Bertz CT molecular complexity index is 550. The molecule has 3 rings (SSSR count). The van der Waals surface area contributed by atoms with E-state index in [9.17, 15) is 14.4 Å². The number of nitrogens with zero attached hydrogens (tertiary/aromatic N) is 1. The van der Waals surface area contributed by atoms with Crippen LogP contribution in [0.3, 0.4) is 0 Å². The highest BCUT2D eigenvalue weighted by atomic mass is 79.9. The standard InChI is InChI=1S/C13H13BrN2O3/c14-9-3-1-2-7-8(9)6-16(13(7)19)10-4-5-11(17)15-12(10)18/h2,10H,1,3-6H2,(H,15,17,18). The molecule has 0 radical (unpaired) electrons. The molecule has 1 aliphatic carbocycles. The highest BCUT2D eigenvalue weighted by Gasteiger charge is 2.41. The number of halogens is 1. The Labute approximate surface area is 118 Å². The largest absolute Gasteiger partial charge is 0.322 e. The Morgan fingerprint density at radius 2 is 2.05 bits per heavy atom. The number of hydrogen-bond donors (Lipinski definition) is 1. The molecule has 3 aliphatic rings. The van der Waals surface area contributed by atoms with Crippen LogP contribution in [0.4, 0.5) is 0 Å². The average Bonchev–Trinajstić information content (AvgIpc) is 2.69. The van der Waals surface area contributed by atoms with Crippen LogP contribution in [0, 0.1) is 0 Å². The van der Waals surface area contributed by atoms with Gasteiger partial charge in [-0.25, -0.2) is 0 Å². The number of imide groups is 1. The SMILES string of the molecule is O=C1CCC(N2CC3=C(Br)CCC=C3C2=O)C(=O)N1. The number of rotatable bonds is 1. The smallest absolute Gasteiger partial charge is 0.254 e. The molecule has 0 aromatic heterocycles. The predicted octanol–water partition coefficient (Wildman–Crippen LogP) is 1.00. The summed E-state index contributed by atoms with van der Waals surface area (Å²) in [5.74, 6) is -0.716. The van der Waals surface area contributed by atoms with Gasteiger partial charge in [-0.15, -0.1) is 0 Å². The maximum atomic E-state index is 12.3. The molecule has 3 amide bonds. The number of likely N-dealkylation sites (tertiary alicyclic amines) is 1. The van der Waals surface area contributed by atoms with Crippen molar-refractivity contribution >= 4 is 33.7 Å². The minimum absolute atomic E-state index is 0.0962. The molecule has 2 saturated heterocycles. The molecule has 19 heavy (non-hydrogen) atoms. The van der Waals surface area contributed by atoms with Crippen molar-refractivity contribution in [2.24, 2.45) is 0 Å². The minimum Gasteiger partial charge on any atom is -0.322 e. The molecule has 0 aromatic carbocycles. The first-order valence-electron chi connectivity index (χ1n) is 6.30. The lowest BCUT2D eigenvalue weighted by molar-refractivity contribution is -0.142. The molecular weight excluding hydrogens is 312 g/mol. The number of hydrogen-bond acceptors (Lipinski definition) is 3. The van der Waals surface area contributed by atoms with Crippen LogP contribution in [0.5, 0.6) is 0 Å². The minimum atomic E-state index is -0.524. The molecule has 0 aromatic rings. The van der Waals surface area contributed by atoms with Gasteiger partial charge in [-0.05, 0) is 24.8 Å². The quantitative estimate of drug-likeness (QED) is 0.732. The van der Waals surface area contributed by atoms with Crippen LogP contribution in [-0.4, -0.2) is 35.2 Å². The van der Waals surface area contributed by atoms with Crippen LogP contribution in [0.15, 0.2) is 21.7 Å². The summed E-state index contributed by atoms with van der Waals surface area (Å²) in [6.07, 6.45) is 4.38. The highest BCUT2D eigenvalue weighted by molar-refractivity contribution is 9.11. The van der Waals surface area contributed by atoms with E-state index in [-0.39, 0.29) is 17.7 Å². The van der Waals surface area contributed by atoms with Gasteiger partial charge in [0, 0.05) is 23.0 Å². The summed E-state index contributed by atoms with van der Waals surface area (Å²) in [7, 11) is 0. The summed E-state index contributed by atoms with van der Waals surface area (Å²) in [6, 6.07) is -0.524. The molecule has 0 bridgehead atoms. The number of fused-ring (bicyclic) bond motifs is 1. The zero-order chi connectivity index (χ0) is 13.6. The van der Waals surface area contributed by atoms with E-state index in [2.05, 4.69) is 21.2 Å². The van der Waals surface area contributed by atoms with Crippen LogP contribution in [0.1, 0.15) is 25.7 Å². The Morgan fingerprint density at radius 3 is 2.74 bits per heavy atom. The van der Waals surface area contributed by atoms with Crippen molar-refractivity contribution < 1.29 is 14.4 Å². The lowest BCUT2D eigenvalue weighted by Crippen LogP contribution is -2.52. The Kier molecular flexibility index (Phi) is 3.05. The average molecular weight is 325 g/mol. The van der Waals surface area contributed by atoms with Gasteiger partial charge in [-0.2, -0.15) is 0 Å². The van der Waals surface area contributed by atoms with E-state index in [1.165, 1.54) is 0 Å². The second-order valence-corrected chi connectivity index (χ2v) is 5.90. The van der Waals surface area contributed by atoms with Crippen molar-refractivity contribution in [3.8, 4) is 0 Å². The monoisotopic (exact) mass is 324 g/mol. The zero-order valence-corrected chi connectivity index (χ0v) is 11.8. The fourth-order valence-electron chi connectivity index (χ4n) is 2.78. The van der Waals surface area contributed by atoms with Crippen molar-refractivity contribution in [2.75, 3.05) is 6.54 Å². The Balaban J connectivity index is 1.88. The van der Waals surface area contributed by atoms with Crippen molar-refractivity contribution in [1.82, 2.24) is 10.2 Å².